The fraction of sp³-hybridized carbons (Fsp3) is 0.0833. The highest BCUT2D eigenvalue weighted by molar-refractivity contribution is 6.34. The minimum absolute atomic E-state index is 0.0143. The number of hydrogen-bond acceptors (Lipinski definition) is 5. The van der Waals surface area contributed by atoms with Gasteiger partial charge in [0.2, 0.25) is 0 Å². The molecule has 10 heteroatoms. The molecular formula is C12H9ClN4O5. The smallest absolute Gasteiger partial charge is 0.325 e. The third kappa shape index (κ3) is 3.58. The number of amides is 1. The number of halogens is 1. The highest BCUT2D eigenvalue weighted by Gasteiger charge is 2.14. The largest absolute Gasteiger partial charge is 0.480 e. The lowest BCUT2D eigenvalue weighted by atomic mass is 10.2. The van der Waals surface area contributed by atoms with Gasteiger partial charge in [-0.3, -0.25) is 24.4 Å². The first-order valence-electron chi connectivity index (χ1n) is 5.86. The molecule has 22 heavy (non-hydrogen) atoms. The molecule has 1 heterocycles. The topological polar surface area (TPSA) is 127 Å². The fourth-order valence-electron chi connectivity index (χ4n) is 1.62. The Labute approximate surface area is 128 Å². The molecule has 9 nitrogen and oxygen atoms in total. The van der Waals surface area contributed by atoms with Crippen molar-refractivity contribution in [2.45, 2.75) is 6.54 Å². The lowest BCUT2D eigenvalue weighted by molar-refractivity contribution is -0.384. The molecule has 0 saturated carbocycles. The van der Waals surface area contributed by atoms with Gasteiger partial charge in [0.05, 0.1) is 27.4 Å². The maximum absolute atomic E-state index is 12.0. The lowest BCUT2D eigenvalue weighted by Gasteiger charge is -2.05. The third-order valence-electron chi connectivity index (χ3n) is 2.60. The van der Waals surface area contributed by atoms with Gasteiger partial charge in [-0.2, -0.15) is 5.10 Å². The van der Waals surface area contributed by atoms with E-state index < -0.39 is 16.8 Å². The SMILES string of the molecule is O=C(O)Cn1cc(C(=O)Nc2ccc([N+](=O)[O-])cc2Cl)cn1. The second-order valence-electron chi connectivity index (χ2n) is 4.20. The number of carbonyl (C=O) groups is 2. The average molecular weight is 325 g/mol. The normalized spacial score (nSPS) is 10.2. The maximum atomic E-state index is 12.0. The van der Waals surface area contributed by atoms with E-state index in [4.69, 9.17) is 16.7 Å². The second kappa shape index (κ2) is 6.22. The molecule has 1 aromatic heterocycles. The quantitative estimate of drug-likeness (QED) is 0.637. The van der Waals surface area contributed by atoms with Crippen LogP contribution in [0.3, 0.4) is 0 Å². The molecule has 0 atom stereocenters. The summed E-state index contributed by atoms with van der Waals surface area (Å²) in [6, 6.07) is 3.63. The zero-order valence-electron chi connectivity index (χ0n) is 10.9. The number of aromatic nitrogens is 2. The van der Waals surface area contributed by atoms with Crippen molar-refractivity contribution < 1.29 is 19.6 Å². The predicted octanol–water partition coefficient (Wildman–Crippen LogP) is 1.78. The first kappa shape index (κ1) is 15.4. The lowest BCUT2D eigenvalue weighted by Crippen LogP contribution is -2.12. The van der Waals surface area contributed by atoms with Crippen LogP contribution in [-0.2, 0) is 11.3 Å². The molecule has 0 bridgehead atoms. The molecule has 0 unspecified atom stereocenters. The zero-order chi connectivity index (χ0) is 16.3. The molecule has 2 aromatic rings. The number of non-ortho nitro benzene ring substituents is 1. The highest BCUT2D eigenvalue weighted by Crippen LogP contribution is 2.26. The van der Waals surface area contributed by atoms with Crippen molar-refractivity contribution in [1.82, 2.24) is 9.78 Å². The Bertz CT molecular complexity index is 758. The molecule has 0 aliphatic rings. The Kier molecular flexibility index (Phi) is 4.37. The molecule has 1 amide bonds. The van der Waals surface area contributed by atoms with Gasteiger partial charge in [-0.1, -0.05) is 11.6 Å². The number of hydrogen-bond donors (Lipinski definition) is 2. The van der Waals surface area contributed by atoms with E-state index in [1.807, 2.05) is 0 Å². The summed E-state index contributed by atoms with van der Waals surface area (Å²) in [4.78, 5) is 32.5. The molecule has 0 saturated heterocycles. The minimum atomic E-state index is -1.09. The molecule has 0 fully saturated rings. The molecule has 1 aromatic carbocycles. The van der Waals surface area contributed by atoms with Gasteiger partial charge < -0.3 is 10.4 Å². The summed E-state index contributed by atoms with van der Waals surface area (Å²) in [5.41, 5.74) is 0.135. The van der Waals surface area contributed by atoms with Crippen LogP contribution in [0.5, 0.6) is 0 Å². The molecule has 0 spiro atoms. The van der Waals surface area contributed by atoms with Crippen molar-refractivity contribution in [1.29, 1.82) is 0 Å². The van der Waals surface area contributed by atoms with Crippen molar-refractivity contribution >= 4 is 34.9 Å². The highest BCUT2D eigenvalue weighted by atomic mass is 35.5. The van der Waals surface area contributed by atoms with Crippen LogP contribution < -0.4 is 5.32 Å². The van der Waals surface area contributed by atoms with E-state index in [-0.39, 0.29) is 28.5 Å². The van der Waals surface area contributed by atoms with Gasteiger partial charge in [-0.25, -0.2) is 0 Å². The van der Waals surface area contributed by atoms with Crippen LogP contribution >= 0.6 is 11.6 Å². The number of carbonyl (C=O) groups excluding carboxylic acids is 1. The second-order valence-corrected chi connectivity index (χ2v) is 4.60. The number of carboxylic acid groups (broad SMARTS) is 1. The Hall–Kier alpha value is -2.94. The van der Waals surface area contributed by atoms with E-state index in [0.29, 0.717) is 0 Å². The number of nitro groups is 1. The number of anilines is 1. The van der Waals surface area contributed by atoms with Crippen LogP contribution in [0.15, 0.2) is 30.6 Å². The minimum Gasteiger partial charge on any atom is -0.480 e. The van der Waals surface area contributed by atoms with E-state index in [1.54, 1.807) is 0 Å². The summed E-state index contributed by atoms with van der Waals surface area (Å²) in [6.45, 7) is -0.369. The summed E-state index contributed by atoms with van der Waals surface area (Å²) >= 11 is 5.86. The number of nitrogens with one attached hydrogen (secondary N) is 1. The van der Waals surface area contributed by atoms with Crippen LogP contribution in [0.2, 0.25) is 5.02 Å². The van der Waals surface area contributed by atoms with Gasteiger partial charge in [0.25, 0.3) is 11.6 Å². The molecule has 2 rings (SSSR count). The van der Waals surface area contributed by atoms with Gasteiger partial charge in [-0.15, -0.1) is 0 Å². The van der Waals surface area contributed by atoms with Crippen LogP contribution in [0, 0.1) is 10.1 Å². The summed E-state index contributed by atoms with van der Waals surface area (Å²) in [5.74, 6) is -1.65. The van der Waals surface area contributed by atoms with Gasteiger partial charge in [0.1, 0.15) is 6.54 Å². The fourth-order valence-corrected chi connectivity index (χ4v) is 1.84. The van der Waals surface area contributed by atoms with Crippen molar-refractivity contribution in [3.63, 3.8) is 0 Å². The van der Waals surface area contributed by atoms with Crippen molar-refractivity contribution in [3.8, 4) is 0 Å². The van der Waals surface area contributed by atoms with Crippen LogP contribution in [0.25, 0.3) is 0 Å². The van der Waals surface area contributed by atoms with E-state index in [2.05, 4.69) is 10.4 Å². The van der Waals surface area contributed by atoms with Crippen LogP contribution in [-0.4, -0.2) is 31.7 Å². The maximum Gasteiger partial charge on any atom is 0.325 e. The number of nitrogens with zero attached hydrogens (tertiary/aromatic N) is 3. The third-order valence-corrected chi connectivity index (χ3v) is 2.92. The Morgan fingerprint density at radius 3 is 2.77 bits per heavy atom. The first-order valence-corrected chi connectivity index (χ1v) is 6.24. The van der Waals surface area contributed by atoms with E-state index in [0.717, 1.165) is 10.7 Å². The van der Waals surface area contributed by atoms with Gasteiger partial charge in [0, 0.05) is 18.3 Å². The summed E-state index contributed by atoms with van der Waals surface area (Å²) in [7, 11) is 0. The van der Waals surface area contributed by atoms with Crippen LogP contribution in [0.4, 0.5) is 11.4 Å². The van der Waals surface area contributed by atoms with Crippen molar-refractivity contribution in [3.05, 3.63) is 51.3 Å². The number of rotatable bonds is 5. The van der Waals surface area contributed by atoms with Crippen LogP contribution in [0.1, 0.15) is 10.4 Å². The Morgan fingerprint density at radius 2 is 2.18 bits per heavy atom. The van der Waals surface area contributed by atoms with E-state index in [9.17, 15) is 19.7 Å². The van der Waals surface area contributed by atoms with E-state index in [1.165, 1.54) is 24.5 Å². The molecule has 0 aliphatic carbocycles. The molecule has 0 radical (unpaired) electrons. The summed E-state index contributed by atoms with van der Waals surface area (Å²) < 4.78 is 1.09. The number of carboxylic acids is 1. The Morgan fingerprint density at radius 1 is 1.45 bits per heavy atom. The molecule has 2 N–H and O–H groups in total. The first-order chi connectivity index (χ1) is 10.4. The summed E-state index contributed by atoms with van der Waals surface area (Å²) in [5, 5.41) is 25.4. The van der Waals surface area contributed by atoms with Crippen molar-refractivity contribution in [2.24, 2.45) is 0 Å². The van der Waals surface area contributed by atoms with Gasteiger partial charge >= 0.3 is 5.97 Å². The standard InChI is InChI=1S/C12H9ClN4O5/c13-9-3-8(17(21)22)1-2-10(9)15-12(20)7-4-14-16(5-7)6-11(18)19/h1-5H,6H2,(H,15,20)(H,18,19). The molecule has 114 valence electrons. The van der Waals surface area contributed by atoms with E-state index >= 15 is 0 Å². The summed E-state index contributed by atoms with van der Waals surface area (Å²) in [6.07, 6.45) is 2.47. The molecular weight excluding hydrogens is 316 g/mol. The van der Waals surface area contributed by atoms with Crippen molar-refractivity contribution in [2.75, 3.05) is 5.32 Å². The number of nitro benzene ring substituents is 1. The van der Waals surface area contributed by atoms with Gasteiger partial charge in [0.15, 0.2) is 0 Å². The number of aliphatic carboxylic acids is 1. The zero-order valence-corrected chi connectivity index (χ0v) is 11.6. The Balaban J connectivity index is 2.13. The monoisotopic (exact) mass is 324 g/mol. The van der Waals surface area contributed by atoms with Gasteiger partial charge in [-0.05, 0) is 6.07 Å². The molecule has 0 aliphatic heterocycles. The predicted molar refractivity (Wildman–Crippen MR) is 75.9 cm³/mol. The number of benzene rings is 1. The average Bonchev–Trinajstić information content (AvgIpc) is 2.88.